The maximum absolute atomic E-state index is 13.6. The molecule has 0 aromatic heterocycles. The van der Waals surface area contributed by atoms with Gasteiger partial charge in [-0.25, -0.2) is 0 Å². The minimum Gasteiger partial charge on any atom is -0.466 e. The highest BCUT2D eigenvalue weighted by atomic mass is 35.5. The van der Waals surface area contributed by atoms with Crippen LogP contribution in [0.25, 0.3) is 0 Å². The summed E-state index contributed by atoms with van der Waals surface area (Å²) in [6.07, 6.45) is -1.87. The number of benzene rings is 2. The third kappa shape index (κ3) is 5.59. The summed E-state index contributed by atoms with van der Waals surface area (Å²) in [7, 11) is 0. The fraction of sp³-hybridized carbons (Fsp3) is 0.417. The van der Waals surface area contributed by atoms with Crippen LogP contribution < -0.4 is 4.90 Å². The van der Waals surface area contributed by atoms with Gasteiger partial charge in [0.25, 0.3) is 5.91 Å². The molecule has 0 radical (unpaired) electrons. The molecular formula is C24H27Cl2NO4. The average molecular weight is 464 g/mol. The first-order valence-electron chi connectivity index (χ1n) is 10.3. The van der Waals surface area contributed by atoms with Gasteiger partial charge in [0.1, 0.15) is 12.2 Å². The van der Waals surface area contributed by atoms with E-state index in [1.807, 2.05) is 45.0 Å². The van der Waals surface area contributed by atoms with Crippen LogP contribution in [0, 0.1) is 5.41 Å². The van der Waals surface area contributed by atoms with Crippen LogP contribution >= 0.6 is 23.2 Å². The number of carbonyl (C=O) groups excluding carboxylic acids is 2. The lowest BCUT2D eigenvalue weighted by Gasteiger charge is -2.31. The summed E-state index contributed by atoms with van der Waals surface area (Å²) < 4.78 is 11.4. The second-order valence-corrected chi connectivity index (χ2v) is 9.57. The molecule has 3 rings (SSSR count). The van der Waals surface area contributed by atoms with Crippen molar-refractivity contribution in [2.24, 2.45) is 5.41 Å². The van der Waals surface area contributed by atoms with Crippen LogP contribution in [0.4, 0.5) is 5.69 Å². The molecule has 1 aliphatic heterocycles. The Kier molecular flexibility index (Phi) is 7.30. The molecule has 31 heavy (non-hydrogen) atoms. The van der Waals surface area contributed by atoms with Crippen molar-refractivity contribution in [3.05, 3.63) is 63.6 Å². The lowest BCUT2D eigenvalue weighted by Crippen LogP contribution is -2.44. The summed E-state index contributed by atoms with van der Waals surface area (Å²) in [6, 6.07) is 12.7. The number of hydrogen-bond donors (Lipinski definition) is 0. The first kappa shape index (κ1) is 23.6. The van der Waals surface area contributed by atoms with Crippen molar-refractivity contribution < 1.29 is 19.1 Å². The van der Waals surface area contributed by atoms with E-state index in [2.05, 4.69) is 0 Å². The molecular weight excluding hydrogens is 437 g/mol. The number of fused-ring (bicyclic) bond motifs is 1. The number of hydrogen-bond acceptors (Lipinski definition) is 4. The van der Waals surface area contributed by atoms with Crippen LogP contribution in [-0.4, -0.2) is 31.1 Å². The Morgan fingerprint density at radius 1 is 1.13 bits per heavy atom. The standard InChI is InChI=1S/C24H27Cl2NO4/c1-5-30-21(28)13-20-23(29)27(14-24(2,3)4)19-11-10-15(25)12-17(19)22(31-20)16-8-6-7-9-18(16)26/h6-12,20,22H,5,13-14H2,1-4H3/t20-,22-/m1/s1. The molecule has 0 saturated carbocycles. The van der Waals surface area contributed by atoms with E-state index in [9.17, 15) is 9.59 Å². The van der Waals surface area contributed by atoms with Gasteiger partial charge in [0, 0.05) is 33.4 Å². The fourth-order valence-electron chi connectivity index (χ4n) is 3.64. The lowest BCUT2D eigenvalue weighted by molar-refractivity contribution is -0.151. The van der Waals surface area contributed by atoms with Crippen molar-refractivity contribution in [1.82, 2.24) is 0 Å². The van der Waals surface area contributed by atoms with Gasteiger partial charge in [-0.3, -0.25) is 9.59 Å². The van der Waals surface area contributed by atoms with Gasteiger partial charge in [-0.15, -0.1) is 0 Å². The molecule has 1 amide bonds. The van der Waals surface area contributed by atoms with Gasteiger partial charge in [-0.1, -0.05) is 62.2 Å². The quantitative estimate of drug-likeness (QED) is 0.524. The summed E-state index contributed by atoms with van der Waals surface area (Å²) in [5, 5.41) is 1.02. The summed E-state index contributed by atoms with van der Waals surface area (Å²) >= 11 is 12.8. The molecule has 0 aliphatic carbocycles. The molecule has 7 heteroatoms. The zero-order valence-corrected chi connectivity index (χ0v) is 19.7. The van der Waals surface area contributed by atoms with Crippen LogP contribution in [-0.2, 0) is 19.1 Å². The van der Waals surface area contributed by atoms with Crippen molar-refractivity contribution in [2.45, 2.75) is 46.3 Å². The molecule has 166 valence electrons. The zero-order valence-electron chi connectivity index (χ0n) is 18.2. The Balaban J connectivity index is 2.17. The maximum Gasteiger partial charge on any atom is 0.308 e. The van der Waals surface area contributed by atoms with E-state index in [1.54, 1.807) is 30.0 Å². The van der Waals surface area contributed by atoms with Gasteiger partial charge in [0.15, 0.2) is 0 Å². The van der Waals surface area contributed by atoms with Crippen LogP contribution in [0.3, 0.4) is 0 Å². The molecule has 0 bridgehead atoms. The molecule has 0 unspecified atom stereocenters. The smallest absolute Gasteiger partial charge is 0.308 e. The van der Waals surface area contributed by atoms with Gasteiger partial charge in [-0.2, -0.15) is 0 Å². The highest BCUT2D eigenvalue weighted by Gasteiger charge is 2.39. The van der Waals surface area contributed by atoms with E-state index in [1.165, 1.54) is 0 Å². The first-order chi connectivity index (χ1) is 14.6. The summed E-state index contributed by atoms with van der Waals surface area (Å²) in [6.45, 7) is 8.55. The predicted octanol–water partition coefficient (Wildman–Crippen LogP) is 5.81. The maximum atomic E-state index is 13.6. The number of ether oxygens (including phenoxy) is 2. The summed E-state index contributed by atoms with van der Waals surface area (Å²) in [4.78, 5) is 27.6. The Labute approximate surface area is 193 Å². The van der Waals surface area contributed by atoms with E-state index in [0.717, 1.165) is 5.56 Å². The molecule has 5 nitrogen and oxygen atoms in total. The lowest BCUT2D eigenvalue weighted by atomic mass is 9.94. The van der Waals surface area contributed by atoms with E-state index in [0.29, 0.717) is 27.8 Å². The zero-order chi connectivity index (χ0) is 22.8. The van der Waals surface area contributed by atoms with Crippen LogP contribution in [0.2, 0.25) is 10.0 Å². The van der Waals surface area contributed by atoms with Gasteiger partial charge in [0.2, 0.25) is 0 Å². The van der Waals surface area contributed by atoms with Gasteiger partial charge in [0.05, 0.1) is 13.0 Å². The van der Waals surface area contributed by atoms with Crippen LogP contribution in [0.1, 0.15) is 51.3 Å². The highest BCUT2D eigenvalue weighted by Crippen LogP contribution is 2.42. The van der Waals surface area contributed by atoms with Crippen molar-refractivity contribution >= 4 is 40.8 Å². The van der Waals surface area contributed by atoms with Crippen molar-refractivity contribution in [1.29, 1.82) is 0 Å². The number of rotatable bonds is 5. The molecule has 2 atom stereocenters. The van der Waals surface area contributed by atoms with E-state index >= 15 is 0 Å². The minimum absolute atomic E-state index is 0.185. The topological polar surface area (TPSA) is 55.8 Å². The van der Waals surface area contributed by atoms with Gasteiger partial charge >= 0.3 is 5.97 Å². The molecule has 0 N–H and O–H groups in total. The second kappa shape index (κ2) is 9.60. The molecule has 0 spiro atoms. The van der Waals surface area contributed by atoms with Crippen molar-refractivity contribution in [2.75, 3.05) is 18.1 Å². The highest BCUT2D eigenvalue weighted by molar-refractivity contribution is 6.31. The van der Waals surface area contributed by atoms with Crippen molar-refractivity contribution in [3.8, 4) is 0 Å². The van der Waals surface area contributed by atoms with E-state index in [-0.39, 0.29) is 24.3 Å². The Hall–Kier alpha value is -2.08. The summed E-state index contributed by atoms with van der Waals surface area (Å²) in [5.74, 6) is -0.778. The molecule has 1 heterocycles. The molecule has 0 fully saturated rings. The summed E-state index contributed by atoms with van der Waals surface area (Å²) in [5.41, 5.74) is 1.93. The third-order valence-corrected chi connectivity index (χ3v) is 5.46. The van der Waals surface area contributed by atoms with Crippen LogP contribution in [0.5, 0.6) is 0 Å². The molecule has 2 aromatic rings. The number of amides is 1. The Morgan fingerprint density at radius 3 is 2.48 bits per heavy atom. The predicted molar refractivity (Wildman–Crippen MR) is 123 cm³/mol. The molecule has 0 saturated heterocycles. The normalized spacial score (nSPS) is 19.0. The number of nitrogens with zero attached hydrogens (tertiary/aromatic N) is 1. The fourth-order valence-corrected chi connectivity index (χ4v) is 4.06. The number of esters is 1. The van der Waals surface area contributed by atoms with Gasteiger partial charge in [-0.05, 0) is 36.6 Å². The van der Waals surface area contributed by atoms with Gasteiger partial charge < -0.3 is 14.4 Å². The Morgan fingerprint density at radius 2 is 1.84 bits per heavy atom. The van der Waals surface area contributed by atoms with E-state index < -0.39 is 18.2 Å². The molecule has 2 aromatic carbocycles. The molecule has 1 aliphatic rings. The largest absolute Gasteiger partial charge is 0.466 e. The third-order valence-electron chi connectivity index (χ3n) is 4.88. The number of carbonyl (C=O) groups is 2. The number of anilines is 1. The SMILES string of the molecule is CCOC(=O)C[C@H]1O[C@H](c2ccccc2Cl)c2cc(Cl)ccc2N(CC(C)(C)C)C1=O. The second-order valence-electron chi connectivity index (χ2n) is 8.72. The Bertz CT molecular complexity index is 970. The van der Waals surface area contributed by atoms with Crippen molar-refractivity contribution in [3.63, 3.8) is 0 Å². The average Bonchev–Trinajstić information content (AvgIpc) is 2.78. The van der Waals surface area contributed by atoms with Crippen LogP contribution in [0.15, 0.2) is 42.5 Å². The number of halogens is 2. The monoisotopic (exact) mass is 463 g/mol. The van der Waals surface area contributed by atoms with E-state index in [4.69, 9.17) is 32.7 Å². The first-order valence-corrected chi connectivity index (χ1v) is 11.0. The minimum atomic E-state index is -1.02.